The Hall–Kier alpha value is -0.760. The average molecular weight is 745 g/mol. The molecule has 0 heterocycles. The molecule has 51 heavy (non-hydrogen) atoms. The number of carbonyl (C=O) groups is 1. The third kappa shape index (κ3) is 37.4. The Bertz CT molecular complexity index is 850. The molecule has 1 amide bonds. The van der Waals surface area contributed by atoms with Gasteiger partial charge in [0.25, 0.3) is 7.82 Å². The molecule has 0 aromatic carbocycles. The van der Waals surface area contributed by atoms with Crippen molar-refractivity contribution in [2.24, 2.45) is 0 Å². The lowest BCUT2D eigenvalue weighted by Crippen LogP contribution is -2.45. The normalized spacial score (nSPS) is 14.6. The van der Waals surface area contributed by atoms with E-state index in [2.05, 4.69) is 19.2 Å². The summed E-state index contributed by atoms with van der Waals surface area (Å²) in [7, 11) is 1.27. The number of hydrogen-bond donors (Lipinski definition) is 2. The van der Waals surface area contributed by atoms with Crippen molar-refractivity contribution in [1.82, 2.24) is 5.32 Å². The number of nitrogens with zero attached hydrogens (tertiary/aromatic N) is 1. The van der Waals surface area contributed by atoms with E-state index in [0.29, 0.717) is 17.4 Å². The van der Waals surface area contributed by atoms with Gasteiger partial charge in [-0.25, -0.2) is 0 Å². The molecule has 0 saturated heterocycles. The molecular weight excluding hydrogens is 659 g/mol. The second kappa shape index (κ2) is 35.0. The zero-order valence-corrected chi connectivity index (χ0v) is 35.2. The fraction of sp³-hybridized carbons (Fsp3) is 0.929. The number of nitrogens with one attached hydrogen (secondary N) is 1. The van der Waals surface area contributed by atoms with Crippen LogP contribution in [0.25, 0.3) is 0 Å². The van der Waals surface area contributed by atoms with Crippen molar-refractivity contribution in [2.45, 2.75) is 212 Å². The number of carbonyl (C=O) groups excluding carboxylic acids is 1. The number of hydrogen-bond acceptors (Lipinski definition) is 6. The minimum absolute atomic E-state index is 0.00184. The van der Waals surface area contributed by atoms with E-state index >= 15 is 0 Å². The van der Waals surface area contributed by atoms with E-state index in [9.17, 15) is 19.4 Å². The first kappa shape index (κ1) is 50.2. The maximum absolute atomic E-state index is 12.8. The first-order valence-corrected chi connectivity index (χ1v) is 23.0. The summed E-state index contributed by atoms with van der Waals surface area (Å²) in [5, 5.41) is 13.7. The molecule has 0 radical (unpaired) electrons. The van der Waals surface area contributed by atoms with E-state index in [-0.39, 0.29) is 19.1 Å². The van der Waals surface area contributed by atoms with Gasteiger partial charge in [-0.3, -0.25) is 9.36 Å². The fourth-order valence-electron chi connectivity index (χ4n) is 6.27. The van der Waals surface area contributed by atoms with Gasteiger partial charge in [0.1, 0.15) is 13.2 Å². The molecule has 0 bridgehead atoms. The van der Waals surface area contributed by atoms with Gasteiger partial charge >= 0.3 is 0 Å². The first-order chi connectivity index (χ1) is 24.5. The number of aliphatic hydroxyl groups excluding tert-OH is 1. The van der Waals surface area contributed by atoms with Crippen LogP contribution in [0.1, 0.15) is 200 Å². The largest absolute Gasteiger partial charge is 0.756 e. The van der Waals surface area contributed by atoms with Gasteiger partial charge in [0.05, 0.1) is 39.9 Å². The van der Waals surface area contributed by atoms with E-state index in [0.717, 1.165) is 38.5 Å². The predicted molar refractivity (Wildman–Crippen MR) is 215 cm³/mol. The molecule has 0 aliphatic rings. The van der Waals surface area contributed by atoms with Crippen LogP contribution in [0, 0.1) is 0 Å². The summed E-state index contributed by atoms with van der Waals surface area (Å²) in [6.45, 7) is 4.64. The monoisotopic (exact) mass is 745 g/mol. The van der Waals surface area contributed by atoms with Crippen LogP contribution in [0.5, 0.6) is 0 Å². The number of amides is 1. The SMILES string of the molecule is CCCCCCCCCCC/C=C/[C@@H](O)[C@H](COP(=O)([O-])OCC[N+](C)(C)C)NC(=O)CCCCCCCCCCCCCCCCCCCC. The van der Waals surface area contributed by atoms with Crippen molar-refractivity contribution in [3.05, 3.63) is 12.2 Å². The molecule has 0 aromatic heterocycles. The van der Waals surface area contributed by atoms with Gasteiger partial charge < -0.3 is 28.8 Å². The third-order valence-electron chi connectivity index (χ3n) is 9.75. The molecule has 0 aliphatic carbocycles. The van der Waals surface area contributed by atoms with Crippen LogP contribution in [0.15, 0.2) is 12.2 Å². The van der Waals surface area contributed by atoms with Crippen LogP contribution in [0.3, 0.4) is 0 Å². The predicted octanol–water partition coefficient (Wildman–Crippen LogP) is 10.9. The van der Waals surface area contributed by atoms with Gasteiger partial charge in [0.2, 0.25) is 5.91 Å². The third-order valence-corrected chi connectivity index (χ3v) is 10.7. The minimum atomic E-state index is -4.58. The van der Waals surface area contributed by atoms with Gasteiger partial charge in [0, 0.05) is 6.42 Å². The number of likely N-dealkylation sites (N-methyl/N-ethyl adjacent to an activating group) is 1. The van der Waals surface area contributed by atoms with Gasteiger partial charge in [-0.1, -0.05) is 187 Å². The average Bonchev–Trinajstić information content (AvgIpc) is 3.07. The minimum Gasteiger partial charge on any atom is -0.756 e. The lowest BCUT2D eigenvalue weighted by molar-refractivity contribution is -0.870. The van der Waals surface area contributed by atoms with Crippen molar-refractivity contribution < 1.29 is 32.9 Å². The summed E-state index contributed by atoms with van der Waals surface area (Å²) in [5.74, 6) is -0.196. The van der Waals surface area contributed by atoms with E-state index in [1.807, 2.05) is 27.2 Å². The van der Waals surface area contributed by atoms with Gasteiger partial charge in [-0.05, 0) is 19.3 Å². The molecule has 8 nitrogen and oxygen atoms in total. The highest BCUT2D eigenvalue weighted by atomic mass is 31.2. The number of aliphatic hydroxyl groups is 1. The van der Waals surface area contributed by atoms with Crippen molar-refractivity contribution in [3.8, 4) is 0 Å². The van der Waals surface area contributed by atoms with Gasteiger partial charge in [0.15, 0.2) is 0 Å². The maximum atomic E-state index is 12.8. The maximum Gasteiger partial charge on any atom is 0.268 e. The molecule has 304 valence electrons. The number of allylic oxidation sites excluding steroid dienone is 1. The highest BCUT2D eigenvalue weighted by Gasteiger charge is 2.23. The Morgan fingerprint density at radius 1 is 0.667 bits per heavy atom. The van der Waals surface area contributed by atoms with Crippen LogP contribution < -0.4 is 10.2 Å². The number of rotatable bonds is 39. The summed E-state index contributed by atoms with van der Waals surface area (Å²) in [4.78, 5) is 25.2. The smallest absolute Gasteiger partial charge is 0.268 e. The first-order valence-electron chi connectivity index (χ1n) is 21.6. The summed E-state index contributed by atoms with van der Waals surface area (Å²) in [6.07, 6.45) is 38.2. The Balaban J connectivity index is 4.35. The highest BCUT2D eigenvalue weighted by molar-refractivity contribution is 7.45. The Kier molecular flexibility index (Phi) is 34.5. The summed E-state index contributed by atoms with van der Waals surface area (Å²) in [6, 6.07) is -0.878. The molecule has 2 N–H and O–H groups in total. The van der Waals surface area contributed by atoms with Crippen LogP contribution in [0.2, 0.25) is 0 Å². The fourth-order valence-corrected chi connectivity index (χ4v) is 6.99. The molecule has 0 aliphatic heterocycles. The summed E-state index contributed by atoms with van der Waals surface area (Å²) >= 11 is 0. The quantitative estimate of drug-likeness (QED) is 0.0281. The Morgan fingerprint density at radius 2 is 1.06 bits per heavy atom. The van der Waals surface area contributed by atoms with Crippen LogP contribution in [0.4, 0.5) is 0 Å². The molecular formula is C42H85N2O6P. The molecule has 9 heteroatoms. The molecule has 0 fully saturated rings. The van der Waals surface area contributed by atoms with Gasteiger partial charge in [-0.2, -0.15) is 0 Å². The molecule has 0 rings (SSSR count). The second-order valence-electron chi connectivity index (χ2n) is 16.1. The topological polar surface area (TPSA) is 108 Å². The zero-order valence-electron chi connectivity index (χ0n) is 34.3. The van der Waals surface area contributed by atoms with Crippen molar-refractivity contribution in [2.75, 3.05) is 40.9 Å². The number of phosphoric ester groups is 1. The lowest BCUT2D eigenvalue weighted by Gasteiger charge is -2.29. The van der Waals surface area contributed by atoms with E-state index < -0.39 is 20.0 Å². The van der Waals surface area contributed by atoms with Crippen molar-refractivity contribution in [3.63, 3.8) is 0 Å². The molecule has 0 saturated carbocycles. The van der Waals surface area contributed by atoms with E-state index in [1.54, 1.807) is 6.08 Å². The standard InChI is InChI=1S/C42H85N2O6P/c1-6-8-10-12-14-16-18-19-20-21-22-23-24-26-28-30-32-34-36-42(46)43-40(39-50-51(47,48)49-38-37-44(3,4)5)41(45)35-33-31-29-27-25-17-15-13-11-9-7-2/h33,35,40-41,45H,6-32,34,36-39H2,1-5H3,(H-,43,46,47,48)/b35-33+/t40-,41+/m0/s1. The summed E-state index contributed by atoms with van der Waals surface area (Å²) in [5.41, 5.74) is 0. The number of quaternary nitrogens is 1. The van der Waals surface area contributed by atoms with E-state index in [1.165, 1.54) is 141 Å². The number of unbranched alkanes of at least 4 members (excludes halogenated alkanes) is 26. The molecule has 0 spiro atoms. The van der Waals surface area contributed by atoms with Crippen LogP contribution in [-0.2, 0) is 18.4 Å². The Morgan fingerprint density at radius 3 is 1.47 bits per heavy atom. The second-order valence-corrected chi connectivity index (χ2v) is 17.5. The molecule has 0 aromatic rings. The molecule has 1 unspecified atom stereocenters. The van der Waals surface area contributed by atoms with E-state index in [4.69, 9.17) is 9.05 Å². The van der Waals surface area contributed by atoms with Crippen LogP contribution >= 0.6 is 7.82 Å². The lowest BCUT2D eigenvalue weighted by atomic mass is 10.0. The zero-order chi connectivity index (χ0) is 37.9. The van der Waals surface area contributed by atoms with Crippen molar-refractivity contribution in [1.29, 1.82) is 0 Å². The van der Waals surface area contributed by atoms with Crippen LogP contribution in [-0.4, -0.2) is 68.5 Å². The molecule has 3 atom stereocenters. The Labute approximate surface area is 316 Å². The van der Waals surface area contributed by atoms with Gasteiger partial charge in [-0.15, -0.1) is 0 Å². The highest BCUT2D eigenvalue weighted by Crippen LogP contribution is 2.38. The summed E-state index contributed by atoms with van der Waals surface area (Å²) < 4.78 is 23.1. The number of phosphoric acid groups is 1. The van der Waals surface area contributed by atoms with Crippen molar-refractivity contribution >= 4 is 13.7 Å².